The highest BCUT2D eigenvalue weighted by molar-refractivity contribution is 7.99. The third kappa shape index (κ3) is 5.60. The SMILES string of the molecule is CCOC(=O)/C=C/[C@H](SCc1ccccc1)[C@@H](c1ccccc1)N1C(=O)CCC1=O. The van der Waals surface area contributed by atoms with Crippen molar-refractivity contribution in [3.63, 3.8) is 0 Å². The highest BCUT2D eigenvalue weighted by atomic mass is 32.2. The molecule has 5 nitrogen and oxygen atoms in total. The van der Waals surface area contributed by atoms with Crippen LogP contribution >= 0.6 is 11.8 Å². The van der Waals surface area contributed by atoms with E-state index < -0.39 is 12.0 Å². The first kappa shape index (κ1) is 21.8. The first-order valence-electron chi connectivity index (χ1n) is 10.0. The summed E-state index contributed by atoms with van der Waals surface area (Å²) in [5, 5.41) is -0.303. The fraction of sp³-hybridized carbons (Fsp3) is 0.292. The molecule has 3 rings (SSSR count). The second kappa shape index (κ2) is 10.8. The first-order chi connectivity index (χ1) is 14.6. The third-order valence-corrected chi connectivity index (χ3v) is 6.11. The Morgan fingerprint density at radius 1 is 1.03 bits per heavy atom. The van der Waals surface area contributed by atoms with Crippen molar-refractivity contribution in [1.29, 1.82) is 0 Å². The molecule has 156 valence electrons. The zero-order valence-electron chi connectivity index (χ0n) is 16.9. The van der Waals surface area contributed by atoms with Crippen molar-refractivity contribution < 1.29 is 19.1 Å². The van der Waals surface area contributed by atoms with E-state index in [2.05, 4.69) is 0 Å². The summed E-state index contributed by atoms with van der Waals surface area (Å²) in [5.41, 5.74) is 1.99. The summed E-state index contributed by atoms with van der Waals surface area (Å²) < 4.78 is 5.03. The largest absolute Gasteiger partial charge is 0.463 e. The Morgan fingerprint density at radius 3 is 2.23 bits per heavy atom. The molecule has 0 radical (unpaired) electrons. The number of likely N-dealkylation sites (tertiary alicyclic amines) is 1. The lowest BCUT2D eigenvalue weighted by atomic mass is 10.0. The number of amides is 2. The smallest absolute Gasteiger partial charge is 0.330 e. The maximum Gasteiger partial charge on any atom is 0.330 e. The van der Waals surface area contributed by atoms with Crippen molar-refractivity contribution >= 4 is 29.5 Å². The highest BCUT2D eigenvalue weighted by Crippen LogP contribution is 2.37. The number of carbonyl (C=O) groups excluding carboxylic acids is 3. The molecule has 30 heavy (non-hydrogen) atoms. The predicted molar refractivity (Wildman–Crippen MR) is 118 cm³/mol. The van der Waals surface area contributed by atoms with E-state index in [4.69, 9.17) is 4.74 Å². The highest BCUT2D eigenvalue weighted by Gasteiger charge is 2.39. The van der Waals surface area contributed by atoms with Crippen molar-refractivity contribution in [2.24, 2.45) is 0 Å². The fourth-order valence-electron chi connectivity index (χ4n) is 3.42. The van der Waals surface area contributed by atoms with Gasteiger partial charge in [-0.2, -0.15) is 0 Å². The molecular formula is C24H25NO4S. The van der Waals surface area contributed by atoms with Crippen LogP contribution in [0.3, 0.4) is 0 Å². The average molecular weight is 424 g/mol. The van der Waals surface area contributed by atoms with E-state index in [0.717, 1.165) is 11.1 Å². The fourth-order valence-corrected chi connectivity index (χ4v) is 4.65. The maximum atomic E-state index is 12.6. The van der Waals surface area contributed by atoms with Crippen LogP contribution in [-0.2, 0) is 24.9 Å². The van der Waals surface area contributed by atoms with Crippen molar-refractivity contribution in [2.75, 3.05) is 6.61 Å². The van der Waals surface area contributed by atoms with E-state index >= 15 is 0 Å². The molecule has 0 aliphatic carbocycles. The Balaban J connectivity index is 1.95. The maximum absolute atomic E-state index is 12.6. The number of hydrogen-bond acceptors (Lipinski definition) is 5. The molecule has 2 aromatic carbocycles. The Hall–Kier alpha value is -2.86. The summed E-state index contributed by atoms with van der Waals surface area (Å²) in [6.07, 6.45) is 3.59. The summed E-state index contributed by atoms with van der Waals surface area (Å²) in [7, 11) is 0. The quantitative estimate of drug-likeness (QED) is 0.342. The van der Waals surface area contributed by atoms with Crippen molar-refractivity contribution in [3.05, 3.63) is 83.9 Å². The molecule has 6 heteroatoms. The normalized spacial score (nSPS) is 16.1. The molecule has 2 amide bonds. The Morgan fingerprint density at radius 2 is 1.63 bits per heavy atom. The number of carbonyl (C=O) groups is 3. The number of esters is 1. The zero-order chi connectivity index (χ0) is 21.3. The standard InChI is InChI=1S/C24H25NO4S/c1-2-29-23(28)16-13-20(30-17-18-9-5-3-6-10-18)24(19-11-7-4-8-12-19)25-21(26)14-15-22(25)27/h3-13,16,20,24H,2,14-15,17H2,1H3/b16-13+/t20-,24+/m0/s1. The van der Waals surface area contributed by atoms with Gasteiger partial charge in [0.05, 0.1) is 12.6 Å². The van der Waals surface area contributed by atoms with Gasteiger partial charge in [0.25, 0.3) is 0 Å². The van der Waals surface area contributed by atoms with Crippen LogP contribution in [0.2, 0.25) is 0 Å². The summed E-state index contributed by atoms with van der Waals surface area (Å²) in [5.74, 6) is -0.112. The molecule has 2 aromatic rings. The van der Waals surface area contributed by atoms with Gasteiger partial charge in [0.1, 0.15) is 0 Å². The van der Waals surface area contributed by atoms with Crippen LogP contribution in [0, 0.1) is 0 Å². The lowest BCUT2D eigenvalue weighted by Gasteiger charge is -2.32. The van der Waals surface area contributed by atoms with E-state index in [9.17, 15) is 14.4 Å². The van der Waals surface area contributed by atoms with Crippen LogP contribution in [-0.4, -0.2) is 34.5 Å². The molecule has 0 spiro atoms. The lowest BCUT2D eigenvalue weighted by Crippen LogP contribution is -2.38. The number of nitrogens with zero attached hydrogens (tertiary/aromatic N) is 1. The molecule has 1 aliphatic rings. The predicted octanol–water partition coefficient (Wildman–Crippen LogP) is 4.30. The number of thioether (sulfide) groups is 1. The molecule has 1 saturated heterocycles. The summed E-state index contributed by atoms with van der Waals surface area (Å²) >= 11 is 1.59. The average Bonchev–Trinajstić information content (AvgIpc) is 3.09. The van der Waals surface area contributed by atoms with Crippen molar-refractivity contribution in [3.8, 4) is 0 Å². The number of hydrogen-bond donors (Lipinski definition) is 0. The van der Waals surface area contributed by atoms with Crippen LogP contribution in [0.25, 0.3) is 0 Å². The van der Waals surface area contributed by atoms with E-state index in [1.54, 1.807) is 24.8 Å². The number of imide groups is 1. The molecule has 0 N–H and O–H groups in total. The van der Waals surface area contributed by atoms with Gasteiger partial charge < -0.3 is 4.74 Å². The minimum Gasteiger partial charge on any atom is -0.463 e. The van der Waals surface area contributed by atoms with Gasteiger partial charge in [-0.15, -0.1) is 11.8 Å². The molecular weight excluding hydrogens is 398 g/mol. The molecule has 0 saturated carbocycles. The second-order valence-corrected chi connectivity index (χ2v) is 8.05. The van der Waals surface area contributed by atoms with E-state index in [1.165, 1.54) is 11.0 Å². The van der Waals surface area contributed by atoms with Crippen LogP contribution in [0.5, 0.6) is 0 Å². The number of rotatable bonds is 9. The van der Waals surface area contributed by atoms with E-state index in [0.29, 0.717) is 5.75 Å². The topological polar surface area (TPSA) is 63.7 Å². The van der Waals surface area contributed by atoms with E-state index in [1.807, 2.05) is 60.7 Å². The Kier molecular flexibility index (Phi) is 7.85. The second-order valence-electron chi connectivity index (χ2n) is 6.89. The van der Waals surface area contributed by atoms with Gasteiger partial charge in [0.2, 0.25) is 11.8 Å². The minimum atomic E-state index is -0.493. The number of ether oxygens (including phenoxy) is 1. The Bertz CT molecular complexity index is 882. The molecule has 1 fully saturated rings. The first-order valence-corrected chi connectivity index (χ1v) is 11.1. The van der Waals surface area contributed by atoms with Gasteiger partial charge in [0, 0.05) is 29.9 Å². The zero-order valence-corrected chi connectivity index (χ0v) is 17.7. The molecule has 0 aromatic heterocycles. The van der Waals surface area contributed by atoms with E-state index in [-0.39, 0.29) is 36.5 Å². The van der Waals surface area contributed by atoms with Crippen LogP contribution in [0.15, 0.2) is 72.8 Å². The van der Waals surface area contributed by atoms with Gasteiger partial charge in [-0.25, -0.2) is 4.79 Å². The van der Waals surface area contributed by atoms with Gasteiger partial charge in [-0.1, -0.05) is 66.7 Å². The monoisotopic (exact) mass is 423 g/mol. The molecule has 0 bridgehead atoms. The summed E-state index contributed by atoms with van der Waals surface area (Å²) in [4.78, 5) is 38.5. The van der Waals surface area contributed by atoms with Crippen molar-refractivity contribution in [1.82, 2.24) is 4.90 Å². The number of benzene rings is 2. The third-order valence-electron chi connectivity index (χ3n) is 4.81. The molecule has 1 aliphatic heterocycles. The summed E-state index contributed by atoms with van der Waals surface area (Å²) in [6.45, 7) is 2.04. The van der Waals surface area contributed by atoms with Gasteiger partial charge in [-0.05, 0) is 18.1 Å². The Labute approximate surface area is 181 Å². The van der Waals surface area contributed by atoms with Gasteiger partial charge in [0.15, 0.2) is 0 Å². The molecule has 1 heterocycles. The van der Waals surface area contributed by atoms with Crippen LogP contribution < -0.4 is 0 Å². The van der Waals surface area contributed by atoms with Crippen LogP contribution in [0.1, 0.15) is 36.9 Å². The lowest BCUT2D eigenvalue weighted by molar-refractivity contribution is -0.141. The molecule has 0 unspecified atom stereocenters. The summed E-state index contributed by atoms with van der Waals surface area (Å²) in [6, 6.07) is 19.0. The van der Waals surface area contributed by atoms with Crippen LogP contribution in [0.4, 0.5) is 0 Å². The minimum absolute atomic E-state index is 0.177. The van der Waals surface area contributed by atoms with Gasteiger partial charge in [-0.3, -0.25) is 14.5 Å². The van der Waals surface area contributed by atoms with Crippen molar-refractivity contribution in [2.45, 2.75) is 36.8 Å². The van der Waals surface area contributed by atoms with Gasteiger partial charge >= 0.3 is 5.97 Å². The molecule has 2 atom stereocenters.